The summed E-state index contributed by atoms with van der Waals surface area (Å²) in [6.07, 6.45) is 3.88. The highest BCUT2D eigenvalue weighted by atomic mass is 16.4. The van der Waals surface area contributed by atoms with Crippen LogP contribution in [-0.2, 0) is 36.3 Å². The topological polar surface area (TPSA) is 80.4 Å². The van der Waals surface area contributed by atoms with Crippen LogP contribution in [0.2, 0.25) is 0 Å². The molecule has 22 heavy (non-hydrogen) atoms. The Hall–Kier alpha value is -2.57. The fourth-order valence-corrected chi connectivity index (χ4v) is 2.80. The van der Waals surface area contributed by atoms with E-state index in [1.54, 1.807) is 4.90 Å². The van der Waals surface area contributed by atoms with Gasteiger partial charge in [0.05, 0.1) is 30.9 Å². The smallest absolute Gasteiger partial charge is 0.303 e. The van der Waals surface area contributed by atoms with E-state index in [-0.39, 0.29) is 18.7 Å². The first-order valence-electron chi connectivity index (χ1n) is 7.18. The van der Waals surface area contributed by atoms with Crippen molar-refractivity contribution in [3.63, 3.8) is 0 Å². The highest BCUT2D eigenvalue weighted by Crippen LogP contribution is 2.26. The summed E-state index contributed by atoms with van der Waals surface area (Å²) >= 11 is 0. The van der Waals surface area contributed by atoms with Crippen molar-refractivity contribution in [2.24, 2.45) is 7.05 Å². The highest BCUT2D eigenvalue weighted by molar-refractivity contribution is 5.81. The number of rotatable bonds is 5. The van der Waals surface area contributed by atoms with Crippen LogP contribution in [0, 0.1) is 0 Å². The maximum absolute atomic E-state index is 12.1. The van der Waals surface area contributed by atoms with Gasteiger partial charge in [-0.05, 0) is 12.1 Å². The minimum Gasteiger partial charge on any atom is -0.481 e. The van der Waals surface area contributed by atoms with Gasteiger partial charge in [0.1, 0.15) is 0 Å². The van der Waals surface area contributed by atoms with E-state index in [4.69, 9.17) is 5.11 Å². The van der Waals surface area contributed by atoms with E-state index in [1.807, 2.05) is 40.8 Å². The van der Waals surface area contributed by atoms with Gasteiger partial charge in [-0.25, -0.2) is 0 Å². The molecule has 1 amide bonds. The lowest BCUT2D eigenvalue weighted by molar-refractivity contribution is -0.141. The Balaban J connectivity index is 1.73. The fourth-order valence-electron chi connectivity index (χ4n) is 2.80. The third-order valence-corrected chi connectivity index (χ3v) is 3.95. The van der Waals surface area contributed by atoms with E-state index in [2.05, 4.69) is 5.10 Å². The molecular weight excluding hydrogens is 284 g/mol. The fraction of sp³-hybridized carbons (Fsp3) is 0.400. The maximum Gasteiger partial charge on any atom is 0.303 e. The number of carboxylic acids is 1. The Morgan fingerprint density at radius 1 is 1.23 bits per heavy atom. The summed E-state index contributed by atoms with van der Waals surface area (Å²) in [6, 6.07) is 3.93. The molecule has 2 aromatic heterocycles. The van der Waals surface area contributed by atoms with Crippen molar-refractivity contribution in [3.8, 4) is 0 Å². The summed E-state index contributed by atoms with van der Waals surface area (Å²) in [4.78, 5) is 24.4. The zero-order chi connectivity index (χ0) is 15.7. The monoisotopic (exact) mass is 302 g/mol. The van der Waals surface area contributed by atoms with Gasteiger partial charge in [0.15, 0.2) is 0 Å². The third-order valence-electron chi connectivity index (χ3n) is 3.95. The minimum absolute atomic E-state index is 0.0453. The van der Waals surface area contributed by atoms with Crippen LogP contribution in [0.5, 0.6) is 0 Å². The normalized spacial score (nSPS) is 13.4. The predicted molar refractivity (Wildman–Crippen MR) is 77.9 cm³/mol. The Morgan fingerprint density at radius 2 is 1.95 bits per heavy atom. The summed E-state index contributed by atoms with van der Waals surface area (Å²) in [5.41, 5.74) is 3.08. The second kappa shape index (κ2) is 5.67. The van der Waals surface area contributed by atoms with E-state index >= 15 is 0 Å². The second-order valence-electron chi connectivity index (χ2n) is 5.49. The number of carboxylic acid groups (broad SMARTS) is 1. The number of aromatic nitrogens is 3. The Bertz CT molecular complexity index is 703. The van der Waals surface area contributed by atoms with Crippen LogP contribution in [0.25, 0.3) is 0 Å². The molecule has 7 heteroatoms. The van der Waals surface area contributed by atoms with E-state index in [0.717, 1.165) is 17.0 Å². The molecule has 0 spiro atoms. The average molecular weight is 302 g/mol. The van der Waals surface area contributed by atoms with Gasteiger partial charge < -0.3 is 14.6 Å². The molecule has 3 heterocycles. The molecule has 7 nitrogen and oxygen atoms in total. The quantitative estimate of drug-likeness (QED) is 0.892. The van der Waals surface area contributed by atoms with Crippen LogP contribution in [0.15, 0.2) is 24.5 Å². The summed E-state index contributed by atoms with van der Waals surface area (Å²) in [5.74, 6) is -1.06. The molecule has 0 aliphatic carbocycles. The number of amides is 1. The number of hydrogen-bond acceptors (Lipinski definition) is 3. The van der Waals surface area contributed by atoms with Crippen LogP contribution in [-0.4, -0.2) is 36.2 Å². The predicted octanol–water partition coefficient (Wildman–Crippen LogP) is 0.977. The first-order chi connectivity index (χ1) is 10.5. The Labute approximate surface area is 127 Å². The highest BCUT2D eigenvalue weighted by Gasteiger charge is 2.29. The van der Waals surface area contributed by atoms with Crippen molar-refractivity contribution in [2.75, 3.05) is 0 Å². The van der Waals surface area contributed by atoms with E-state index in [1.165, 1.54) is 0 Å². The average Bonchev–Trinajstić information content (AvgIpc) is 3.16. The SMILES string of the molecule is Cn1nc(Cn2cccc2)c2c1CN(C(=O)CCC(=O)O)C2. The summed E-state index contributed by atoms with van der Waals surface area (Å²) in [7, 11) is 1.88. The van der Waals surface area contributed by atoms with Crippen LogP contribution >= 0.6 is 0 Å². The molecule has 0 aromatic carbocycles. The number of aryl methyl sites for hydroxylation is 1. The van der Waals surface area contributed by atoms with E-state index in [0.29, 0.717) is 19.6 Å². The molecule has 1 N–H and O–H groups in total. The molecule has 1 aliphatic heterocycles. The second-order valence-corrected chi connectivity index (χ2v) is 5.49. The molecule has 2 aromatic rings. The minimum atomic E-state index is -0.944. The number of carbonyl (C=O) groups excluding carboxylic acids is 1. The molecule has 0 fully saturated rings. The molecule has 116 valence electrons. The molecule has 0 bridgehead atoms. The van der Waals surface area contributed by atoms with Crippen molar-refractivity contribution < 1.29 is 14.7 Å². The van der Waals surface area contributed by atoms with Crippen LogP contribution in [0.4, 0.5) is 0 Å². The molecular formula is C15H18N4O3. The lowest BCUT2D eigenvalue weighted by Crippen LogP contribution is -2.26. The summed E-state index contributed by atoms with van der Waals surface area (Å²) in [5, 5.41) is 13.2. The van der Waals surface area contributed by atoms with Crippen LogP contribution in [0.3, 0.4) is 0 Å². The molecule has 0 unspecified atom stereocenters. The number of nitrogens with zero attached hydrogens (tertiary/aromatic N) is 4. The number of hydrogen-bond donors (Lipinski definition) is 1. The largest absolute Gasteiger partial charge is 0.481 e. The maximum atomic E-state index is 12.1. The van der Waals surface area contributed by atoms with Crippen molar-refractivity contribution in [1.82, 2.24) is 19.2 Å². The molecule has 0 atom stereocenters. The van der Waals surface area contributed by atoms with Gasteiger partial charge in [-0.15, -0.1) is 0 Å². The van der Waals surface area contributed by atoms with Crippen LogP contribution in [0.1, 0.15) is 29.8 Å². The Kier molecular flexibility index (Phi) is 3.70. The number of carbonyl (C=O) groups is 2. The van der Waals surface area contributed by atoms with E-state index < -0.39 is 5.97 Å². The molecule has 0 saturated heterocycles. The lowest BCUT2D eigenvalue weighted by atomic mass is 10.2. The van der Waals surface area contributed by atoms with Crippen molar-refractivity contribution >= 4 is 11.9 Å². The molecule has 1 aliphatic rings. The van der Waals surface area contributed by atoms with Gasteiger partial charge in [-0.3, -0.25) is 14.3 Å². The van der Waals surface area contributed by atoms with Crippen molar-refractivity contribution in [2.45, 2.75) is 32.5 Å². The Morgan fingerprint density at radius 3 is 2.64 bits per heavy atom. The van der Waals surface area contributed by atoms with Gasteiger partial charge >= 0.3 is 5.97 Å². The number of aliphatic carboxylic acids is 1. The molecule has 0 radical (unpaired) electrons. The van der Waals surface area contributed by atoms with Gasteiger partial charge in [-0.1, -0.05) is 0 Å². The zero-order valence-electron chi connectivity index (χ0n) is 12.4. The first kappa shape index (κ1) is 14.4. The summed E-state index contributed by atoms with van der Waals surface area (Å²) < 4.78 is 3.86. The van der Waals surface area contributed by atoms with E-state index in [9.17, 15) is 9.59 Å². The van der Waals surface area contributed by atoms with Gasteiger partial charge in [0.2, 0.25) is 5.91 Å². The van der Waals surface area contributed by atoms with Gasteiger partial charge in [0.25, 0.3) is 0 Å². The van der Waals surface area contributed by atoms with Crippen LogP contribution < -0.4 is 0 Å². The molecule has 0 saturated carbocycles. The molecule has 3 rings (SSSR count). The summed E-state index contributed by atoms with van der Waals surface area (Å²) in [6.45, 7) is 1.69. The standard InChI is InChI=1S/C15H18N4O3/c1-17-13-10-19(14(20)4-5-15(21)22)8-11(13)12(16-17)9-18-6-2-3-7-18/h2-3,6-7H,4-5,8-10H2,1H3,(H,21,22). The number of fused-ring (bicyclic) bond motifs is 1. The van der Waals surface area contributed by atoms with Gasteiger partial charge in [0, 0.05) is 38.0 Å². The van der Waals surface area contributed by atoms with Gasteiger partial charge in [-0.2, -0.15) is 5.10 Å². The van der Waals surface area contributed by atoms with Crippen molar-refractivity contribution in [1.29, 1.82) is 0 Å². The lowest BCUT2D eigenvalue weighted by Gasteiger charge is -2.15. The zero-order valence-corrected chi connectivity index (χ0v) is 12.4. The third kappa shape index (κ3) is 2.74. The van der Waals surface area contributed by atoms with Crippen molar-refractivity contribution in [3.05, 3.63) is 41.5 Å². The first-order valence-corrected chi connectivity index (χ1v) is 7.18.